The van der Waals surface area contributed by atoms with Gasteiger partial charge in [0.05, 0.1) is 18.2 Å². The molecule has 5 nitrogen and oxygen atoms in total. The second-order valence-corrected chi connectivity index (χ2v) is 7.22. The Balaban J connectivity index is 1.85. The molecule has 1 aliphatic rings. The van der Waals surface area contributed by atoms with Gasteiger partial charge in [-0.25, -0.2) is 0 Å². The number of carbonyl (C=O) groups excluding carboxylic acids is 1. The number of ether oxygens (including phenoxy) is 1. The number of aryl methyl sites for hydroxylation is 1. The van der Waals surface area contributed by atoms with E-state index in [1.165, 1.54) is 0 Å². The molecule has 28 heavy (non-hydrogen) atoms. The number of nitrogens with one attached hydrogen (secondary N) is 3. The van der Waals surface area contributed by atoms with E-state index in [4.69, 9.17) is 17.0 Å². The predicted molar refractivity (Wildman–Crippen MR) is 116 cm³/mol. The molecule has 3 rings (SSSR count). The van der Waals surface area contributed by atoms with Crippen LogP contribution in [0.2, 0.25) is 0 Å². The third-order valence-corrected chi connectivity index (χ3v) is 4.73. The molecule has 2 aromatic carbocycles. The molecular weight excluding hydrogens is 370 g/mol. The van der Waals surface area contributed by atoms with Crippen LogP contribution in [0.3, 0.4) is 0 Å². The highest BCUT2D eigenvalue weighted by Gasteiger charge is 2.29. The molecule has 0 fully saturated rings. The summed E-state index contributed by atoms with van der Waals surface area (Å²) in [5.41, 5.74) is 4.19. The Labute approximate surface area is 171 Å². The zero-order valence-corrected chi connectivity index (χ0v) is 17.2. The second-order valence-electron chi connectivity index (χ2n) is 6.81. The minimum atomic E-state index is -0.334. The van der Waals surface area contributed by atoms with Gasteiger partial charge in [-0.2, -0.15) is 0 Å². The lowest BCUT2D eigenvalue weighted by Gasteiger charge is -2.30. The lowest BCUT2D eigenvalue weighted by molar-refractivity contribution is -0.113. The number of hydrogen-bond donors (Lipinski definition) is 3. The van der Waals surface area contributed by atoms with Crippen molar-refractivity contribution in [2.24, 2.45) is 0 Å². The first-order chi connectivity index (χ1) is 13.5. The van der Waals surface area contributed by atoms with E-state index in [1.54, 1.807) is 0 Å². The Bertz CT molecular complexity index is 889. The van der Waals surface area contributed by atoms with Gasteiger partial charge < -0.3 is 20.7 Å². The zero-order valence-electron chi connectivity index (χ0n) is 16.3. The van der Waals surface area contributed by atoms with Gasteiger partial charge in [-0.15, -0.1) is 0 Å². The summed E-state index contributed by atoms with van der Waals surface area (Å²) in [6.45, 7) is 6.63. The van der Waals surface area contributed by atoms with Gasteiger partial charge in [-0.3, -0.25) is 4.79 Å². The molecule has 0 aromatic heterocycles. The molecule has 1 atom stereocenters. The van der Waals surface area contributed by atoms with Crippen LogP contribution in [0.5, 0.6) is 5.75 Å². The van der Waals surface area contributed by atoms with Crippen LogP contribution in [0.25, 0.3) is 0 Å². The van der Waals surface area contributed by atoms with Gasteiger partial charge in [0.15, 0.2) is 5.11 Å². The van der Waals surface area contributed by atoms with E-state index >= 15 is 0 Å². The number of benzene rings is 2. The Hall–Kier alpha value is -2.86. The lowest BCUT2D eigenvalue weighted by atomic mass is 9.95. The van der Waals surface area contributed by atoms with Crippen LogP contribution in [-0.2, 0) is 4.79 Å². The first kappa shape index (κ1) is 19.9. The number of hydrogen-bond acceptors (Lipinski definition) is 3. The molecule has 1 amide bonds. The standard InChI is InChI=1S/C22H25N3O2S/c1-4-13-27-18-11-7-16(8-12-18)20-19(15(3)23-22(28)25-20)21(26)24-17-9-5-14(2)6-10-17/h5-12,20H,4,13H2,1-3H3,(H,24,26)(H2,23,25,28)/t20-/m0/s1. The van der Waals surface area contributed by atoms with Crippen LogP contribution >= 0.6 is 12.2 Å². The molecule has 0 saturated carbocycles. The van der Waals surface area contributed by atoms with E-state index in [1.807, 2.05) is 62.4 Å². The summed E-state index contributed by atoms with van der Waals surface area (Å²) in [5.74, 6) is 0.647. The zero-order chi connectivity index (χ0) is 20.1. The third-order valence-electron chi connectivity index (χ3n) is 4.51. The molecule has 2 aromatic rings. The molecule has 0 saturated heterocycles. The highest BCUT2D eigenvalue weighted by atomic mass is 32.1. The molecule has 3 N–H and O–H groups in total. The Morgan fingerprint density at radius 1 is 1.11 bits per heavy atom. The maximum Gasteiger partial charge on any atom is 0.255 e. The van der Waals surface area contributed by atoms with Crippen molar-refractivity contribution in [3.8, 4) is 5.75 Å². The normalized spacial score (nSPS) is 16.2. The van der Waals surface area contributed by atoms with Crippen molar-refractivity contribution >= 4 is 28.9 Å². The van der Waals surface area contributed by atoms with Crippen molar-refractivity contribution in [3.63, 3.8) is 0 Å². The summed E-state index contributed by atoms with van der Waals surface area (Å²) in [5, 5.41) is 9.75. The largest absolute Gasteiger partial charge is 0.494 e. The smallest absolute Gasteiger partial charge is 0.255 e. The minimum absolute atomic E-state index is 0.167. The van der Waals surface area contributed by atoms with Crippen LogP contribution in [0.1, 0.15) is 37.4 Å². The second kappa shape index (κ2) is 8.89. The number of thiocarbonyl (C=S) groups is 1. The number of rotatable bonds is 6. The van der Waals surface area contributed by atoms with Gasteiger partial charge in [0.2, 0.25) is 0 Å². The Morgan fingerprint density at radius 3 is 2.43 bits per heavy atom. The van der Waals surface area contributed by atoms with Crippen LogP contribution in [0.15, 0.2) is 59.8 Å². The summed E-state index contributed by atoms with van der Waals surface area (Å²) >= 11 is 5.31. The van der Waals surface area contributed by atoms with E-state index in [2.05, 4.69) is 22.9 Å². The highest BCUT2D eigenvalue weighted by molar-refractivity contribution is 7.80. The van der Waals surface area contributed by atoms with E-state index < -0.39 is 0 Å². The summed E-state index contributed by atoms with van der Waals surface area (Å²) in [6.07, 6.45) is 0.955. The highest BCUT2D eigenvalue weighted by Crippen LogP contribution is 2.29. The monoisotopic (exact) mass is 395 g/mol. The quantitative estimate of drug-likeness (QED) is 0.640. The number of amides is 1. The maximum atomic E-state index is 13.0. The van der Waals surface area contributed by atoms with Crippen LogP contribution in [-0.4, -0.2) is 17.6 Å². The van der Waals surface area contributed by atoms with Gasteiger partial charge in [-0.1, -0.05) is 36.8 Å². The number of anilines is 1. The molecule has 0 spiro atoms. The molecule has 1 heterocycles. The van der Waals surface area contributed by atoms with Gasteiger partial charge in [0.25, 0.3) is 5.91 Å². The molecule has 6 heteroatoms. The Kier molecular flexibility index (Phi) is 6.31. The molecule has 0 aliphatic carbocycles. The topological polar surface area (TPSA) is 62.4 Å². The van der Waals surface area contributed by atoms with E-state index in [9.17, 15) is 4.79 Å². The minimum Gasteiger partial charge on any atom is -0.494 e. The SMILES string of the molecule is CCCOc1ccc([C@@H]2NC(=S)NC(C)=C2C(=O)Nc2ccc(C)cc2)cc1. The van der Waals surface area contributed by atoms with Gasteiger partial charge in [-0.05, 0) is 62.3 Å². The Morgan fingerprint density at radius 2 is 1.79 bits per heavy atom. The maximum absolute atomic E-state index is 13.0. The van der Waals surface area contributed by atoms with Gasteiger partial charge in [0.1, 0.15) is 5.75 Å². The summed E-state index contributed by atoms with van der Waals surface area (Å²) < 4.78 is 5.65. The van der Waals surface area contributed by atoms with Crippen molar-refractivity contribution in [2.45, 2.75) is 33.2 Å². The van der Waals surface area contributed by atoms with E-state index in [-0.39, 0.29) is 11.9 Å². The van der Waals surface area contributed by atoms with Crippen molar-refractivity contribution in [3.05, 3.63) is 70.9 Å². The van der Waals surface area contributed by atoms with Crippen molar-refractivity contribution in [1.29, 1.82) is 0 Å². The first-order valence-corrected chi connectivity index (χ1v) is 9.78. The summed E-state index contributed by atoms with van der Waals surface area (Å²) in [7, 11) is 0. The van der Waals surface area contributed by atoms with E-state index in [0.717, 1.165) is 34.7 Å². The molecule has 146 valence electrons. The van der Waals surface area contributed by atoms with Crippen LogP contribution in [0.4, 0.5) is 5.69 Å². The number of allylic oxidation sites excluding steroid dienone is 1. The van der Waals surface area contributed by atoms with Crippen molar-refractivity contribution in [2.75, 3.05) is 11.9 Å². The fourth-order valence-corrected chi connectivity index (χ4v) is 3.33. The summed E-state index contributed by atoms with van der Waals surface area (Å²) in [6, 6.07) is 15.2. The van der Waals surface area contributed by atoms with E-state index in [0.29, 0.717) is 17.3 Å². The van der Waals surface area contributed by atoms with Gasteiger partial charge >= 0.3 is 0 Å². The first-order valence-electron chi connectivity index (χ1n) is 9.37. The molecule has 0 radical (unpaired) electrons. The average Bonchev–Trinajstić information content (AvgIpc) is 2.68. The molecule has 0 unspecified atom stereocenters. The molecule has 0 bridgehead atoms. The third kappa shape index (κ3) is 4.70. The van der Waals surface area contributed by atoms with Crippen LogP contribution < -0.4 is 20.7 Å². The van der Waals surface area contributed by atoms with Crippen LogP contribution in [0, 0.1) is 6.92 Å². The predicted octanol–water partition coefficient (Wildman–Crippen LogP) is 4.22. The fourth-order valence-electron chi connectivity index (χ4n) is 3.06. The molecule has 1 aliphatic heterocycles. The summed E-state index contributed by atoms with van der Waals surface area (Å²) in [4.78, 5) is 13.0. The lowest BCUT2D eigenvalue weighted by Crippen LogP contribution is -2.45. The van der Waals surface area contributed by atoms with Crippen molar-refractivity contribution < 1.29 is 9.53 Å². The fraction of sp³-hybridized carbons (Fsp3) is 0.273. The van der Waals surface area contributed by atoms with Gasteiger partial charge in [0, 0.05) is 11.4 Å². The average molecular weight is 396 g/mol. The number of carbonyl (C=O) groups is 1. The molecular formula is C22H25N3O2S. The van der Waals surface area contributed by atoms with Crippen molar-refractivity contribution in [1.82, 2.24) is 10.6 Å².